The van der Waals surface area contributed by atoms with Crippen LogP contribution in [-0.4, -0.2) is 15.9 Å². The van der Waals surface area contributed by atoms with E-state index in [4.69, 9.17) is 5.73 Å². The number of hydrogen-bond acceptors (Lipinski definition) is 4. The first-order chi connectivity index (χ1) is 8.54. The number of pyridine rings is 2. The van der Waals surface area contributed by atoms with Gasteiger partial charge in [-0.3, -0.25) is 4.79 Å². The normalized spacial score (nSPS) is 10.1. The third kappa shape index (κ3) is 2.79. The largest absolute Gasteiger partial charge is 0.384 e. The molecule has 1 amide bonds. The number of anilines is 2. The summed E-state index contributed by atoms with van der Waals surface area (Å²) in [7, 11) is 0. The van der Waals surface area contributed by atoms with E-state index in [1.54, 1.807) is 13.0 Å². The molecule has 2 aromatic rings. The molecule has 0 saturated carbocycles. The zero-order chi connectivity index (χ0) is 13.1. The maximum atomic E-state index is 12.7. The van der Waals surface area contributed by atoms with Gasteiger partial charge in [0.15, 0.2) is 0 Å². The summed E-state index contributed by atoms with van der Waals surface area (Å²) in [6, 6.07) is 5.67. The van der Waals surface area contributed by atoms with Crippen molar-refractivity contribution in [2.45, 2.75) is 6.92 Å². The Morgan fingerprint density at radius 3 is 2.78 bits per heavy atom. The summed E-state index contributed by atoms with van der Waals surface area (Å²) in [5.74, 6) is -0.287. The molecule has 0 aliphatic rings. The van der Waals surface area contributed by atoms with Gasteiger partial charge in [-0.2, -0.15) is 0 Å². The van der Waals surface area contributed by atoms with Gasteiger partial charge in [-0.1, -0.05) is 0 Å². The molecule has 0 aliphatic heterocycles. The standard InChI is InChI=1S/C12H11FN4O/c1-7-4-8(5-10(14)16-7)12(18)17-11-3-2-9(13)6-15-11/h2-6H,1H3,(H2,14,16)(H,15,17,18). The number of nitrogens with two attached hydrogens (primary N) is 1. The number of nitrogen functional groups attached to an aromatic ring is 1. The molecule has 18 heavy (non-hydrogen) atoms. The molecule has 0 atom stereocenters. The molecule has 0 fully saturated rings. The van der Waals surface area contributed by atoms with Crippen molar-refractivity contribution in [1.29, 1.82) is 0 Å². The van der Waals surface area contributed by atoms with Crippen molar-refractivity contribution < 1.29 is 9.18 Å². The number of amides is 1. The van der Waals surface area contributed by atoms with Crippen LogP contribution in [0, 0.1) is 12.7 Å². The summed E-state index contributed by atoms with van der Waals surface area (Å²) in [4.78, 5) is 19.6. The topological polar surface area (TPSA) is 80.9 Å². The highest BCUT2D eigenvalue weighted by molar-refractivity contribution is 6.04. The predicted octanol–water partition coefficient (Wildman–Crippen LogP) is 1.76. The van der Waals surface area contributed by atoms with E-state index < -0.39 is 5.82 Å². The van der Waals surface area contributed by atoms with Gasteiger partial charge >= 0.3 is 0 Å². The minimum absolute atomic E-state index is 0.271. The second kappa shape index (κ2) is 4.79. The Morgan fingerprint density at radius 1 is 1.39 bits per heavy atom. The molecule has 2 rings (SSSR count). The molecule has 6 heteroatoms. The molecular formula is C12H11FN4O. The highest BCUT2D eigenvalue weighted by Crippen LogP contribution is 2.10. The lowest BCUT2D eigenvalue weighted by atomic mass is 10.2. The van der Waals surface area contributed by atoms with Gasteiger partial charge in [-0.05, 0) is 31.2 Å². The number of hydrogen-bond donors (Lipinski definition) is 2. The van der Waals surface area contributed by atoms with Crippen molar-refractivity contribution in [1.82, 2.24) is 9.97 Å². The number of nitrogens with zero attached hydrogens (tertiary/aromatic N) is 2. The summed E-state index contributed by atoms with van der Waals surface area (Å²) >= 11 is 0. The van der Waals surface area contributed by atoms with Crippen LogP contribution < -0.4 is 11.1 Å². The third-order valence-electron chi connectivity index (χ3n) is 2.20. The van der Waals surface area contributed by atoms with E-state index in [2.05, 4.69) is 15.3 Å². The summed E-state index contributed by atoms with van der Waals surface area (Å²) < 4.78 is 12.7. The minimum atomic E-state index is -0.461. The van der Waals surface area contributed by atoms with Gasteiger partial charge in [0.05, 0.1) is 6.20 Å². The highest BCUT2D eigenvalue weighted by Gasteiger charge is 2.08. The summed E-state index contributed by atoms with van der Waals surface area (Å²) in [6.07, 6.45) is 1.03. The lowest BCUT2D eigenvalue weighted by Crippen LogP contribution is -2.14. The molecule has 0 aromatic carbocycles. The Hall–Kier alpha value is -2.50. The van der Waals surface area contributed by atoms with E-state index in [9.17, 15) is 9.18 Å². The zero-order valence-electron chi connectivity index (χ0n) is 9.64. The number of nitrogens with one attached hydrogen (secondary N) is 1. The van der Waals surface area contributed by atoms with Crippen LogP contribution in [0.5, 0.6) is 0 Å². The smallest absolute Gasteiger partial charge is 0.257 e. The molecule has 0 unspecified atom stereocenters. The molecular weight excluding hydrogens is 235 g/mol. The fourth-order valence-electron chi connectivity index (χ4n) is 1.46. The molecule has 0 aliphatic carbocycles. The molecule has 0 saturated heterocycles. The van der Waals surface area contributed by atoms with Gasteiger partial charge in [0.2, 0.25) is 0 Å². The van der Waals surface area contributed by atoms with Crippen LogP contribution in [-0.2, 0) is 0 Å². The van der Waals surface area contributed by atoms with Gasteiger partial charge in [0, 0.05) is 11.3 Å². The van der Waals surface area contributed by atoms with Crippen molar-refractivity contribution in [3.05, 3.63) is 47.5 Å². The van der Waals surface area contributed by atoms with Gasteiger partial charge < -0.3 is 11.1 Å². The Bertz CT molecular complexity index is 563. The van der Waals surface area contributed by atoms with Crippen LogP contribution in [0.2, 0.25) is 0 Å². The lowest BCUT2D eigenvalue weighted by molar-refractivity contribution is 0.102. The first kappa shape index (κ1) is 12.0. The maximum absolute atomic E-state index is 12.7. The van der Waals surface area contributed by atoms with E-state index in [0.29, 0.717) is 11.3 Å². The molecule has 0 radical (unpaired) electrons. The number of rotatable bonds is 2. The van der Waals surface area contributed by atoms with Crippen LogP contribution in [0.3, 0.4) is 0 Å². The molecule has 92 valence electrons. The Labute approximate surface area is 103 Å². The Morgan fingerprint density at radius 2 is 2.17 bits per heavy atom. The molecule has 2 aromatic heterocycles. The zero-order valence-corrected chi connectivity index (χ0v) is 9.64. The number of carbonyl (C=O) groups excluding carboxylic acids is 1. The molecule has 3 N–H and O–H groups in total. The van der Waals surface area contributed by atoms with Crippen LogP contribution in [0.4, 0.5) is 16.0 Å². The number of carbonyl (C=O) groups is 1. The first-order valence-electron chi connectivity index (χ1n) is 5.21. The highest BCUT2D eigenvalue weighted by atomic mass is 19.1. The number of halogens is 1. The van der Waals surface area contributed by atoms with E-state index in [-0.39, 0.29) is 17.5 Å². The Kier molecular flexibility index (Phi) is 3.18. The molecule has 0 bridgehead atoms. The van der Waals surface area contributed by atoms with Gasteiger partial charge in [0.25, 0.3) is 5.91 Å². The van der Waals surface area contributed by atoms with Crippen LogP contribution in [0.15, 0.2) is 30.5 Å². The van der Waals surface area contributed by atoms with Crippen LogP contribution >= 0.6 is 0 Å². The summed E-state index contributed by atoms with van der Waals surface area (Å²) in [5.41, 5.74) is 6.58. The summed E-state index contributed by atoms with van der Waals surface area (Å²) in [5, 5.41) is 2.54. The minimum Gasteiger partial charge on any atom is -0.384 e. The maximum Gasteiger partial charge on any atom is 0.257 e. The third-order valence-corrected chi connectivity index (χ3v) is 2.20. The van der Waals surface area contributed by atoms with Gasteiger partial charge in [-0.25, -0.2) is 14.4 Å². The first-order valence-corrected chi connectivity index (χ1v) is 5.21. The van der Waals surface area contributed by atoms with Crippen molar-refractivity contribution in [2.75, 3.05) is 11.1 Å². The van der Waals surface area contributed by atoms with Crippen molar-refractivity contribution in [3.8, 4) is 0 Å². The molecule has 5 nitrogen and oxygen atoms in total. The lowest BCUT2D eigenvalue weighted by Gasteiger charge is -2.05. The van der Waals surface area contributed by atoms with E-state index in [1.807, 2.05) is 0 Å². The van der Waals surface area contributed by atoms with E-state index in [1.165, 1.54) is 18.2 Å². The molecule has 0 spiro atoms. The second-order valence-electron chi connectivity index (χ2n) is 3.74. The van der Waals surface area contributed by atoms with E-state index >= 15 is 0 Å². The van der Waals surface area contributed by atoms with Crippen molar-refractivity contribution in [2.24, 2.45) is 0 Å². The molecule has 2 heterocycles. The summed E-state index contributed by atoms with van der Waals surface area (Å²) in [6.45, 7) is 1.74. The number of aryl methyl sites for hydroxylation is 1. The van der Waals surface area contributed by atoms with Gasteiger partial charge in [0.1, 0.15) is 17.5 Å². The fourth-order valence-corrected chi connectivity index (χ4v) is 1.46. The second-order valence-corrected chi connectivity index (χ2v) is 3.74. The Balaban J connectivity index is 2.19. The monoisotopic (exact) mass is 246 g/mol. The fraction of sp³-hybridized carbons (Fsp3) is 0.0833. The predicted molar refractivity (Wildman–Crippen MR) is 65.5 cm³/mol. The van der Waals surface area contributed by atoms with Crippen LogP contribution in [0.1, 0.15) is 16.1 Å². The number of aromatic nitrogens is 2. The van der Waals surface area contributed by atoms with E-state index in [0.717, 1.165) is 6.20 Å². The van der Waals surface area contributed by atoms with Crippen molar-refractivity contribution >= 4 is 17.5 Å². The van der Waals surface area contributed by atoms with Gasteiger partial charge in [-0.15, -0.1) is 0 Å². The average Bonchev–Trinajstić information content (AvgIpc) is 2.31. The van der Waals surface area contributed by atoms with Crippen molar-refractivity contribution in [3.63, 3.8) is 0 Å². The quantitative estimate of drug-likeness (QED) is 0.846. The average molecular weight is 246 g/mol. The SMILES string of the molecule is Cc1cc(C(=O)Nc2ccc(F)cn2)cc(N)n1. The van der Waals surface area contributed by atoms with Crippen LogP contribution in [0.25, 0.3) is 0 Å².